The fourth-order valence-corrected chi connectivity index (χ4v) is 5.13. The van der Waals surface area contributed by atoms with Gasteiger partial charge in [-0.25, -0.2) is 4.79 Å². The van der Waals surface area contributed by atoms with E-state index in [1.807, 2.05) is 0 Å². The number of nitrogens with one attached hydrogen (secondary N) is 2. The number of hydrogen-bond donors (Lipinski definition) is 4. The summed E-state index contributed by atoms with van der Waals surface area (Å²) in [7, 11) is 0. The zero-order chi connectivity index (χ0) is 29.4. The van der Waals surface area contributed by atoms with Crippen LogP contribution in [0.4, 0.5) is 0 Å². The first-order valence-electron chi connectivity index (χ1n) is 12.7. The smallest absolute Gasteiger partial charge is 0.326 e. The molecule has 4 N–H and O–H groups in total. The lowest BCUT2D eigenvalue weighted by Crippen LogP contribution is -2.39. The molecule has 0 bridgehead atoms. The average molecular weight is 592 g/mol. The molecule has 2 aromatic rings. The van der Waals surface area contributed by atoms with Crippen LogP contribution in [-0.4, -0.2) is 58.0 Å². The summed E-state index contributed by atoms with van der Waals surface area (Å²) in [6, 6.07) is 9.76. The summed E-state index contributed by atoms with van der Waals surface area (Å²) in [6.07, 6.45) is 0.858. The molecule has 3 rings (SSSR count). The molecular formula is C28H31Cl2N3O7. The summed E-state index contributed by atoms with van der Waals surface area (Å²) in [5, 5.41) is 26.1. The van der Waals surface area contributed by atoms with Crippen molar-refractivity contribution < 1.29 is 34.1 Å². The van der Waals surface area contributed by atoms with E-state index in [2.05, 4.69) is 10.6 Å². The monoisotopic (exact) mass is 591 g/mol. The predicted molar refractivity (Wildman–Crippen MR) is 149 cm³/mol. The molecule has 0 saturated carbocycles. The Kier molecular flexibility index (Phi) is 10.8. The van der Waals surface area contributed by atoms with Gasteiger partial charge in [-0.05, 0) is 56.0 Å². The van der Waals surface area contributed by atoms with E-state index in [4.69, 9.17) is 27.9 Å². The number of hydrogen-bond acceptors (Lipinski definition) is 6. The number of carboxylic acid groups (broad SMARTS) is 1. The number of para-hydroxylation sites is 1. The van der Waals surface area contributed by atoms with Crippen molar-refractivity contribution >= 4 is 46.9 Å². The Hall–Kier alpha value is -3.76. The van der Waals surface area contributed by atoms with Crippen LogP contribution in [0, 0.1) is 0 Å². The maximum atomic E-state index is 13.4. The quantitative estimate of drug-likeness (QED) is 0.256. The molecule has 3 amide bonds. The Morgan fingerprint density at radius 3 is 2.40 bits per heavy atom. The molecule has 1 aliphatic heterocycles. The van der Waals surface area contributed by atoms with Crippen molar-refractivity contribution in [3.8, 4) is 5.75 Å². The van der Waals surface area contributed by atoms with Crippen LogP contribution in [0.25, 0.3) is 0 Å². The molecule has 1 heterocycles. The van der Waals surface area contributed by atoms with Crippen molar-refractivity contribution in [2.45, 2.75) is 51.7 Å². The predicted octanol–water partition coefficient (Wildman–Crippen LogP) is 4.16. The van der Waals surface area contributed by atoms with Gasteiger partial charge in [0.05, 0.1) is 18.2 Å². The molecule has 1 unspecified atom stereocenters. The third-order valence-electron chi connectivity index (χ3n) is 6.25. The average Bonchev–Trinajstić information content (AvgIpc) is 3.13. The van der Waals surface area contributed by atoms with Crippen LogP contribution >= 0.6 is 23.2 Å². The van der Waals surface area contributed by atoms with E-state index in [0.717, 1.165) is 0 Å². The van der Waals surface area contributed by atoms with Crippen molar-refractivity contribution in [3.63, 3.8) is 0 Å². The molecule has 0 radical (unpaired) electrons. The second-order valence-corrected chi connectivity index (χ2v) is 10.1. The highest BCUT2D eigenvalue weighted by atomic mass is 35.5. The number of aliphatic hydroxyl groups is 1. The summed E-state index contributed by atoms with van der Waals surface area (Å²) in [4.78, 5) is 50.8. The maximum absolute atomic E-state index is 13.4. The molecular weight excluding hydrogens is 561 g/mol. The summed E-state index contributed by atoms with van der Waals surface area (Å²) < 4.78 is 5.76. The van der Waals surface area contributed by atoms with Gasteiger partial charge < -0.3 is 30.5 Å². The van der Waals surface area contributed by atoms with Gasteiger partial charge in [-0.15, -0.1) is 0 Å². The minimum Gasteiger partial charge on any atom is -0.503 e. The highest BCUT2D eigenvalue weighted by molar-refractivity contribution is 6.34. The van der Waals surface area contributed by atoms with Gasteiger partial charge in [0.25, 0.3) is 11.8 Å². The van der Waals surface area contributed by atoms with Gasteiger partial charge in [-0.3, -0.25) is 14.4 Å². The van der Waals surface area contributed by atoms with E-state index < -0.39 is 41.5 Å². The first-order chi connectivity index (χ1) is 19.0. The van der Waals surface area contributed by atoms with Gasteiger partial charge in [0.15, 0.2) is 5.76 Å². The van der Waals surface area contributed by atoms with Crippen molar-refractivity contribution in [3.05, 3.63) is 75.0 Å². The number of carboxylic acids is 1. The summed E-state index contributed by atoms with van der Waals surface area (Å²) in [6.45, 7) is 3.54. The summed E-state index contributed by atoms with van der Waals surface area (Å²) >= 11 is 12.1. The second-order valence-electron chi connectivity index (χ2n) is 9.18. The topological polar surface area (TPSA) is 145 Å². The lowest BCUT2D eigenvalue weighted by Gasteiger charge is -2.28. The van der Waals surface area contributed by atoms with Crippen LogP contribution < -0.4 is 15.4 Å². The number of unbranched alkanes of at least 4 members (excludes halogenated alkanes) is 1. The molecule has 2 atom stereocenters. The number of nitrogens with zero attached hydrogens (tertiary/aromatic N) is 1. The van der Waals surface area contributed by atoms with Crippen LogP contribution in [0.15, 0.2) is 53.8 Å². The lowest BCUT2D eigenvalue weighted by atomic mass is 9.97. The zero-order valence-corrected chi connectivity index (χ0v) is 23.6. The van der Waals surface area contributed by atoms with Crippen LogP contribution in [0.5, 0.6) is 5.75 Å². The molecule has 10 nitrogen and oxygen atoms in total. The zero-order valence-electron chi connectivity index (χ0n) is 22.1. The number of aliphatic carboxylic acids is 1. The van der Waals surface area contributed by atoms with Crippen LogP contribution in [0.1, 0.15) is 50.3 Å². The van der Waals surface area contributed by atoms with Crippen LogP contribution in [-0.2, 0) is 25.7 Å². The van der Waals surface area contributed by atoms with E-state index in [0.29, 0.717) is 46.4 Å². The number of amides is 3. The van der Waals surface area contributed by atoms with Gasteiger partial charge in [-0.1, -0.05) is 41.4 Å². The third kappa shape index (κ3) is 7.67. The van der Waals surface area contributed by atoms with Crippen LogP contribution in [0.2, 0.25) is 10.0 Å². The fourth-order valence-electron chi connectivity index (χ4n) is 4.56. The molecule has 0 fully saturated rings. The normalized spacial score (nSPS) is 15.7. The second kappa shape index (κ2) is 14.0. The first kappa shape index (κ1) is 30.8. The molecule has 0 saturated heterocycles. The van der Waals surface area contributed by atoms with E-state index in [-0.39, 0.29) is 25.1 Å². The molecule has 0 aliphatic carbocycles. The Morgan fingerprint density at radius 1 is 1.10 bits per heavy atom. The highest BCUT2D eigenvalue weighted by Gasteiger charge is 2.44. The van der Waals surface area contributed by atoms with Crippen molar-refractivity contribution in [2.75, 3.05) is 13.2 Å². The Labute approximate surface area is 241 Å². The summed E-state index contributed by atoms with van der Waals surface area (Å²) in [5.41, 5.74) is 1.01. The lowest BCUT2D eigenvalue weighted by molar-refractivity contribution is -0.141. The minimum absolute atomic E-state index is 0.0453. The molecule has 0 spiro atoms. The highest BCUT2D eigenvalue weighted by Crippen LogP contribution is 2.41. The van der Waals surface area contributed by atoms with E-state index in [9.17, 15) is 29.4 Å². The van der Waals surface area contributed by atoms with E-state index in [1.165, 1.54) is 11.8 Å². The van der Waals surface area contributed by atoms with E-state index in [1.54, 1.807) is 49.4 Å². The molecule has 2 aromatic carbocycles. The van der Waals surface area contributed by atoms with Crippen LogP contribution in [0.3, 0.4) is 0 Å². The SMILES string of the molecule is CCOc1ccccc1C1C(C(=O)NCc2cc(Cl)cc(Cl)c2)=C(O)C(=O)N1CCCC[C@@H](NC(C)=O)C(=O)O. The number of ether oxygens (including phenoxy) is 1. The fraction of sp³-hybridized carbons (Fsp3) is 0.357. The number of halogens is 2. The third-order valence-corrected chi connectivity index (χ3v) is 6.69. The van der Waals surface area contributed by atoms with Gasteiger partial charge in [0, 0.05) is 35.6 Å². The minimum atomic E-state index is -1.16. The standard InChI is InChI=1S/C28H31Cl2N3O7/c1-3-40-22-10-5-4-8-20(22)24-23(26(36)31-15-17-12-18(29)14-19(30)13-17)25(35)27(37)33(24)11-7-6-9-21(28(38)39)32-16(2)34/h4-5,8,10,12-14,21,24,35H,3,6-7,9,11,15H2,1-2H3,(H,31,36)(H,32,34)(H,38,39)/t21-,24?/m1/s1. The Balaban J connectivity index is 1.85. The van der Waals surface area contributed by atoms with Gasteiger partial charge in [0.2, 0.25) is 5.91 Å². The molecule has 12 heteroatoms. The molecule has 1 aliphatic rings. The molecule has 40 heavy (non-hydrogen) atoms. The van der Waals surface area contributed by atoms with Crippen molar-refractivity contribution in [2.24, 2.45) is 0 Å². The number of carbonyl (C=O) groups excluding carboxylic acids is 3. The Bertz CT molecular complexity index is 1290. The van der Waals surface area contributed by atoms with Gasteiger partial charge in [0.1, 0.15) is 11.8 Å². The number of carbonyl (C=O) groups is 4. The largest absolute Gasteiger partial charge is 0.503 e. The van der Waals surface area contributed by atoms with Gasteiger partial charge in [-0.2, -0.15) is 0 Å². The molecule has 214 valence electrons. The Morgan fingerprint density at radius 2 is 1.77 bits per heavy atom. The first-order valence-corrected chi connectivity index (χ1v) is 13.5. The maximum Gasteiger partial charge on any atom is 0.326 e. The van der Waals surface area contributed by atoms with Crippen molar-refractivity contribution in [1.29, 1.82) is 0 Å². The summed E-state index contributed by atoms with van der Waals surface area (Å²) in [5.74, 6) is -3.23. The number of rotatable bonds is 13. The number of benzene rings is 2. The number of aliphatic hydroxyl groups excluding tert-OH is 1. The van der Waals surface area contributed by atoms with Gasteiger partial charge >= 0.3 is 5.97 Å². The molecule has 0 aromatic heterocycles. The van der Waals surface area contributed by atoms with Crippen molar-refractivity contribution in [1.82, 2.24) is 15.5 Å². The van der Waals surface area contributed by atoms with E-state index >= 15 is 0 Å².